The van der Waals surface area contributed by atoms with E-state index < -0.39 is 0 Å². The van der Waals surface area contributed by atoms with Crippen LogP contribution in [0, 0.1) is 11.6 Å². The second-order valence-electron chi connectivity index (χ2n) is 7.13. The molecule has 0 bridgehead atoms. The van der Waals surface area contributed by atoms with Gasteiger partial charge in [0.25, 0.3) is 5.91 Å². The largest absolute Gasteiger partial charge is 0.493 e. The van der Waals surface area contributed by atoms with Crippen molar-refractivity contribution in [2.45, 2.75) is 13.2 Å². The standard InChI is InChI=1S/C25H20F2N2O3S/c1-31-23-12-18(7-10-22(23)32-14-16-5-8-19(26)9-6-16)25-29-21(15-33-25)24(30)28-13-17-3-2-4-20(27)11-17/h2-12,15H,13-14H2,1H3,(H,28,30). The molecule has 0 fully saturated rings. The van der Waals surface area contributed by atoms with Crippen molar-refractivity contribution < 1.29 is 23.0 Å². The van der Waals surface area contributed by atoms with E-state index in [1.54, 1.807) is 41.8 Å². The first-order valence-electron chi connectivity index (χ1n) is 10.1. The number of benzene rings is 3. The van der Waals surface area contributed by atoms with E-state index in [-0.39, 0.29) is 36.4 Å². The Morgan fingerprint density at radius 2 is 1.79 bits per heavy atom. The summed E-state index contributed by atoms with van der Waals surface area (Å²) in [5.74, 6) is 0.0629. The molecule has 0 aliphatic rings. The van der Waals surface area contributed by atoms with Gasteiger partial charge in [-0.25, -0.2) is 13.8 Å². The molecule has 0 aliphatic heterocycles. The molecule has 33 heavy (non-hydrogen) atoms. The Bertz CT molecular complexity index is 1260. The van der Waals surface area contributed by atoms with Gasteiger partial charge in [-0.3, -0.25) is 4.79 Å². The highest BCUT2D eigenvalue weighted by atomic mass is 32.1. The summed E-state index contributed by atoms with van der Waals surface area (Å²) >= 11 is 1.33. The number of nitrogens with one attached hydrogen (secondary N) is 1. The van der Waals surface area contributed by atoms with Crippen LogP contribution in [-0.4, -0.2) is 18.0 Å². The predicted octanol–water partition coefficient (Wildman–Crippen LogP) is 5.61. The average molecular weight is 467 g/mol. The molecule has 1 N–H and O–H groups in total. The first-order chi connectivity index (χ1) is 16.0. The number of methoxy groups -OCH3 is 1. The maximum Gasteiger partial charge on any atom is 0.271 e. The molecule has 1 aromatic heterocycles. The van der Waals surface area contributed by atoms with Gasteiger partial charge in [0.2, 0.25) is 0 Å². The SMILES string of the molecule is COc1cc(-c2nc(C(=O)NCc3cccc(F)c3)cs2)ccc1OCc1ccc(F)cc1. The summed E-state index contributed by atoms with van der Waals surface area (Å²) in [4.78, 5) is 16.9. The Kier molecular flexibility index (Phi) is 6.95. The smallest absolute Gasteiger partial charge is 0.271 e. The van der Waals surface area contributed by atoms with Crippen LogP contribution in [0.3, 0.4) is 0 Å². The predicted molar refractivity (Wildman–Crippen MR) is 122 cm³/mol. The van der Waals surface area contributed by atoms with Gasteiger partial charge < -0.3 is 14.8 Å². The van der Waals surface area contributed by atoms with E-state index in [2.05, 4.69) is 10.3 Å². The highest BCUT2D eigenvalue weighted by molar-refractivity contribution is 7.13. The molecule has 8 heteroatoms. The number of hydrogen-bond acceptors (Lipinski definition) is 5. The molecule has 4 rings (SSSR count). The lowest BCUT2D eigenvalue weighted by molar-refractivity contribution is 0.0946. The molecule has 0 saturated heterocycles. The van der Waals surface area contributed by atoms with Crippen molar-refractivity contribution in [2.75, 3.05) is 7.11 Å². The maximum atomic E-state index is 13.3. The van der Waals surface area contributed by atoms with Crippen molar-refractivity contribution in [3.63, 3.8) is 0 Å². The van der Waals surface area contributed by atoms with E-state index in [4.69, 9.17) is 9.47 Å². The summed E-state index contributed by atoms with van der Waals surface area (Å²) in [6.45, 7) is 0.472. The number of ether oxygens (including phenoxy) is 2. The zero-order valence-electron chi connectivity index (χ0n) is 17.7. The van der Waals surface area contributed by atoms with Gasteiger partial charge in [-0.05, 0) is 53.6 Å². The van der Waals surface area contributed by atoms with Gasteiger partial charge in [0.15, 0.2) is 11.5 Å². The van der Waals surface area contributed by atoms with Crippen LogP contribution in [-0.2, 0) is 13.2 Å². The summed E-state index contributed by atoms with van der Waals surface area (Å²) in [7, 11) is 1.54. The van der Waals surface area contributed by atoms with Crippen LogP contribution >= 0.6 is 11.3 Å². The van der Waals surface area contributed by atoms with Gasteiger partial charge in [0.1, 0.15) is 28.9 Å². The van der Waals surface area contributed by atoms with Crippen LogP contribution < -0.4 is 14.8 Å². The van der Waals surface area contributed by atoms with Crippen molar-refractivity contribution in [3.8, 4) is 22.1 Å². The summed E-state index contributed by atoms with van der Waals surface area (Å²) in [6, 6.07) is 17.5. The molecule has 0 unspecified atom stereocenters. The highest BCUT2D eigenvalue weighted by Crippen LogP contribution is 2.34. The third-order valence-electron chi connectivity index (χ3n) is 4.80. The van der Waals surface area contributed by atoms with Crippen LogP contribution in [0.4, 0.5) is 8.78 Å². The molecule has 5 nitrogen and oxygen atoms in total. The number of carbonyl (C=O) groups excluding carboxylic acids is 1. The highest BCUT2D eigenvalue weighted by Gasteiger charge is 2.14. The summed E-state index contributed by atoms with van der Waals surface area (Å²) in [5.41, 5.74) is 2.55. The lowest BCUT2D eigenvalue weighted by Gasteiger charge is -2.12. The molecule has 0 saturated carbocycles. The topological polar surface area (TPSA) is 60.5 Å². The van der Waals surface area contributed by atoms with Crippen molar-refractivity contribution in [1.29, 1.82) is 0 Å². The number of amides is 1. The second kappa shape index (κ2) is 10.2. The van der Waals surface area contributed by atoms with E-state index in [1.807, 2.05) is 6.07 Å². The first-order valence-corrected chi connectivity index (χ1v) is 10.9. The zero-order chi connectivity index (χ0) is 23.2. The summed E-state index contributed by atoms with van der Waals surface area (Å²) in [6.07, 6.45) is 0. The van der Waals surface area contributed by atoms with Crippen LogP contribution in [0.2, 0.25) is 0 Å². The summed E-state index contributed by atoms with van der Waals surface area (Å²) in [5, 5.41) is 5.06. The first kappa shape index (κ1) is 22.4. The minimum Gasteiger partial charge on any atom is -0.493 e. The molecular weight excluding hydrogens is 446 g/mol. The molecule has 0 spiro atoms. The number of hydrogen-bond donors (Lipinski definition) is 1. The van der Waals surface area contributed by atoms with Crippen LogP contribution in [0.5, 0.6) is 11.5 Å². The van der Waals surface area contributed by atoms with Crippen molar-refractivity contribution in [1.82, 2.24) is 10.3 Å². The Balaban J connectivity index is 1.42. The molecule has 0 aliphatic carbocycles. The molecule has 1 heterocycles. The fraction of sp³-hybridized carbons (Fsp3) is 0.120. The number of thiazole rings is 1. The van der Waals surface area contributed by atoms with E-state index in [0.29, 0.717) is 22.1 Å². The zero-order valence-corrected chi connectivity index (χ0v) is 18.5. The second-order valence-corrected chi connectivity index (χ2v) is 7.99. The quantitative estimate of drug-likeness (QED) is 0.367. The van der Waals surface area contributed by atoms with Crippen molar-refractivity contribution in [3.05, 3.63) is 101 Å². The molecule has 0 radical (unpaired) electrons. The maximum absolute atomic E-state index is 13.3. The lowest BCUT2D eigenvalue weighted by atomic mass is 10.2. The fourth-order valence-electron chi connectivity index (χ4n) is 3.09. The number of nitrogens with zero attached hydrogens (tertiary/aromatic N) is 1. The average Bonchev–Trinajstić information content (AvgIpc) is 3.33. The normalized spacial score (nSPS) is 10.6. The van der Waals surface area contributed by atoms with E-state index in [9.17, 15) is 13.6 Å². The third kappa shape index (κ3) is 5.72. The fourth-order valence-corrected chi connectivity index (χ4v) is 3.89. The Morgan fingerprint density at radius 3 is 2.55 bits per heavy atom. The number of rotatable bonds is 8. The Morgan fingerprint density at radius 1 is 0.970 bits per heavy atom. The van der Waals surface area contributed by atoms with Gasteiger partial charge in [0.05, 0.1) is 7.11 Å². The van der Waals surface area contributed by atoms with Crippen LogP contribution in [0.25, 0.3) is 10.6 Å². The Labute approximate surface area is 193 Å². The number of carbonyl (C=O) groups is 1. The molecule has 168 valence electrons. The van der Waals surface area contributed by atoms with E-state index in [1.165, 1.54) is 42.7 Å². The number of aromatic nitrogens is 1. The van der Waals surface area contributed by atoms with Crippen LogP contribution in [0.1, 0.15) is 21.6 Å². The van der Waals surface area contributed by atoms with Crippen LogP contribution in [0.15, 0.2) is 72.1 Å². The van der Waals surface area contributed by atoms with Crippen molar-refractivity contribution >= 4 is 17.2 Å². The molecule has 1 amide bonds. The van der Waals surface area contributed by atoms with Gasteiger partial charge in [-0.2, -0.15) is 0 Å². The van der Waals surface area contributed by atoms with Crippen molar-refractivity contribution in [2.24, 2.45) is 0 Å². The van der Waals surface area contributed by atoms with Gasteiger partial charge in [0, 0.05) is 17.5 Å². The Hall–Kier alpha value is -3.78. The molecule has 0 atom stereocenters. The summed E-state index contributed by atoms with van der Waals surface area (Å²) < 4.78 is 37.6. The molecular formula is C25H20F2N2O3S. The van der Waals surface area contributed by atoms with E-state index >= 15 is 0 Å². The lowest BCUT2D eigenvalue weighted by Crippen LogP contribution is -2.23. The van der Waals surface area contributed by atoms with Gasteiger partial charge >= 0.3 is 0 Å². The van der Waals surface area contributed by atoms with Gasteiger partial charge in [-0.15, -0.1) is 11.3 Å². The number of halogens is 2. The van der Waals surface area contributed by atoms with E-state index in [0.717, 1.165) is 11.1 Å². The monoisotopic (exact) mass is 466 g/mol. The minimum atomic E-state index is -0.350. The molecule has 4 aromatic rings. The minimum absolute atomic E-state index is 0.206. The van der Waals surface area contributed by atoms with Gasteiger partial charge in [-0.1, -0.05) is 24.3 Å². The third-order valence-corrected chi connectivity index (χ3v) is 5.69. The molecule has 3 aromatic carbocycles.